The normalized spacial score (nSPS) is 12.9. The van der Waals surface area contributed by atoms with Gasteiger partial charge in [-0.1, -0.05) is 19.9 Å². The lowest BCUT2D eigenvalue weighted by atomic mass is 10.0. The first kappa shape index (κ1) is 22.7. The number of hydrogen-bond donors (Lipinski definition) is 1. The maximum atomic E-state index is 13.5. The molecular formula is C19H24IN3O4S. The first-order valence-electron chi connectivity index (χ1n) is 8.75. The average Bonchev–Trinajstić information content (AvgIpc) is 2.65. The van der Waals surface area contributed by atoms with Crippen LogP contribution in [0, 0.1) is 9.49 Å². The lowest BCUT2D eigenvalue weighted by Crippen LogP contribution is -2.49. The van der Waals surface area contributed by atoms with Crippen LogP contribution in [-0.2, 0) is 26.2 Å². The molecular weight excluding hydrogens is 492 g/mol. The number of sulfonamides is 1. The Morgan fingerprint density at radius 2 is 1.93 bits per heavy atom. The third-order valence-corrected chi connectivity index (χ3v) is 6.62. The van der Waals surface area contributed by atoms with Crippen molar-refractivity contribution < 1.29 is 18.0 Å². The molecule has 7 nitrogen and oxygen atoms in total. The van der Waals surface area contributed by atoms with Crippen molar-refractivity contribution in [3.05, 3.63) is 57.9 Å². The van der Waals surface area contributed by atoms with E-state index in [0.29, 0.717) is 12.0 Å². The maximum Gasteiger partial charge on any atom is 0.261 e. The molecule has 1 aromatic carbocycles. The second kappa shape index (κ2) is 10.3. The lowest BCUT2D eigenvalue weighted by molar-refractivity contribution is -0.136. The molecule has 0 saturated heterocycles. The fraction of sp³-hybridized carbons (Fsp3) is 0.368. The van der Waals surface area contributed by atoms with Crippen LogP contribution >= 0.6 is 22.6 Å². The maximum absolute atomic E-state index is 13.5. The molecule has 0 aliphatic rings. The smallest absolute Gasteiger partial charge is 0.261 e. The number of halogens is 1. The summed E-state index contributed by atoms with van der Waals surface area (Å²) in [6, 6.07) is 9.14. The lowest BCUT2D eigenvalue weighted by Gasteiger charge is -2.31. The molecule has 2 aromatic rings. The molecule has 1 atom stereocenters. The van der Waals surface area contributed by atoms with Gasteiger partial charge in [0.05, 0.1) is 12.0 Å². The molecule has 1 amide bonds. The number of hydroxylamine groups is 1. The van der Waals surface area contributed by atoms with Crippen molar-refractivity contribution in [3.8, 4) is 0 Å². The highest BCUT2D eigenvalue weighted by atomic mass is 127. The molecule has 0 spiro atoms. The molecule has 0 aliphatic heterocycles. The molecule has 0 fully saturated rings. The van der Waals surface area contributed by atoms with E-state index in [1.807, 2.05) is 13.8 Å². The van der Waals surface area contributed by atoms with Crippen LogP contribution in [0.5, 0.6) is 0 Å². The van der Waals surface area contributed by atoms with Crippen LogP contribution in [0.2, 0.25) is 0 Å². The molecule has 9 heteroatoms. The van der Waals surface area contributed by atoms with Gasteiger partial charge < -0.3 is 0 Å². The van der Waals surface area contributed by atoms with Gasteiger partial charge in [-0.25, -0.2) is 13.9 Å². The predicted octanol–water partition coefficient (Wildman–Crippen LogP) is 2.97. The minimum Gasteiger partial charge on any atom is -0.277 e. The van der Waals surface area contributed by atoms with E-state index in [0.717, 1.165) is 3.57 Å². The van der Waals surface area contributed by atoms with Gasteiger partial charge >= 0.3 is 0 Å². The number of hydrogen-bond acceptors (Lipinski definition) is 5. The molecule has 0 bridgehead atoms. The first-order valence-corrected chi connectivity index (χ1v) is 11.3. The molecule has 152 valence electrons. The summed E-state index contributed by atoms with van der Waals surface area (Å²) in [5.74, 6) is -0.412. The number of nitrogens with zero attached hydrogens (tertiary/aromatic N) is 2. The zero-order valence-corrected chi connectivity index (χ0v) is 19.0. The van der Waals surface area contributed by atoms with Crippen molar-refractivity contribution >= 4 is 38.5 Å². The van der Waals surface area contributed by atoms with Gasteiger partial charge in [-0.15, -0.1) is 0 Å². The molecule has 2 rings (SSSR count). The van der Waals surface area contributed by atoms with Crippen LogP contribution in [0.4, 0.5) is 0 Å². The second-order valence-electron chi connectivity index (χ2n) is 6.68. The van der Waals surface area contributed by atoms with E-state index in [1.165, 1.54) is 11.4 Å². The van der Waals surface area contributed by atoms with Gasteiger partial charge in [-0.3, -0.25) is 14.6 Å². The van der Waals surface area contributed by atoms with E-state index in [1.54, 1.807) is 48.8 Å². The molecule has 28 heavy (non-hydrogen) atoms. The molecule has 0 unspecified atom stereocenters. The fourth-order valence-corrected chi connectivity index (χ4v) is 4.69. The van der Waals surface area contributed by atoms with Gasteiger partial charge in [0, 0.05) is 22.5 Å². The van der Waals surface area contributed by atoms with Crippen LogP contribution in [-0.4, -0.2) is 36.8 Å². The van der Waals surface area contributed by atoms with Gasteiger partial charge in [-0.2, -0.15) is 4.31 Å². The van der Waals surface area contributed by atoms with Crippen molar-refractivity contribution in [3.63, 3.8) is 0 Å². The van der Waals surface area contributed by atoms with E-state index >= 15 is 0 Å². The van der Waals surface area contributed by atoms with E-state index in [4.69, 9.17) is 4.84 Å². The Kier molecular flexibility index (Phi) is 8.35. The number of pyridine rings is 1. The number of carbonyl (C=O) groups excluding carboxylic acids is 1. The SMILES string of the molecule is CC(C)C[C@H](C(=O)NO[11CH3])N(Cc1cccnc1)S(=O)(=O)c1ccc(I)cc1. The summed E-state index contributed by atoms with van der Waals surface area (Å²) in [6.07, 6.45) is 3.56. The number of amides is 1. The fourth-order valence-electron chi connectivity index (χ4n) is 2.75. The van der Waals surface area contributed by atoms with Crippen molar-refractivity contribution in [1.82, 2.24) is 14.8 Å². The highest BCUT2D eigenvalue weighted by molar-refractivity contribution is 14.1. The Labute approximate surface area is 179 Å². The predicted molar refractivity (Wildman–Crippen MR) is 115 cm³/mol. The Hall–Kier alpha value is -1.56. The van der Waals surface area contributed by atoms with Gasteiger partial charge in [0.2, 0.25) is 10.0 Å². The topological polar surface area (TPSA) is 88.6 Å². The van der Waals surface area contributed by atoms with Crippen molar-refractivity contribution in [2.75, 3.05) is 7.11 Å². The molecule has 0 aliphatic carbocycles. The van der Waals surface area contributed by atoms with E-state index in [2.05, 4.69) is 33.1 Å². The van der Waals surface area contributed by atoms with Gasteiger partial charge in [0.25, 0.3) is 5.91 Å². The summed E-state index contributed by atoms with van der Waals surface area (Å²) in [7, 11) is -2.62. The number of carbonyl (C=O) groups is 1. The monoisotopic (exact) mass is 516 g/mol. The highest BCUT2D eigenvalue weighted by Crippen LogP contribution is 2.25. The van der Waals surface area contributed by atoms with Crippen LogP contribution in [0.1, 0.15) is 25.8 Å². The standard InChI is InChI=1S/C19H24IN3O4S/c1-14(2)11-18(19(24)22-27-3)23(13-15-5-4-10-21-12-15)28(25,26)17-8-6-16(20)7-9-17/h4-10,12,14,18H,11,13H2,1-3H3,(H,22,24)/t18-/m1/s1/i3-1. The second-order valence-corrected chi connectivity index (χ2v) is 9.82. The summed E-state index contributed by atoms with van der Waals surface area (Å²) in [5, 5.41) is 0. The van der Waals surface area contributed by atoms with Crippen LogP contribution in [0.3, 0.4) is 0 Å². The summed E-state index contributed by atoms with van der Waals surface area (Å²) in [5.41, 5.74) is 2.98. The largest absolute Gasteiger partial charge is 0.277 e. The third kappa shape index (κ3) is 5.97. The Morgan fingerprint density at radius 1 is 1.25 bits per heavy atom. The van der Waals surface area contributed by atoms with E-state index in [-0.39, 0.29) is 17.4 Å². The van der Waals surface area contributed by atoms with Gasteiger partial charge in [-0.05, 0) is 70.8 Å². The Morgan fingerprint density at radius 3 is 2.46 bits per heavy atom. The summed E-state index contributed by atoms with van der Waals surface area (Å²) in [4.78, 5) is 21.6. The summed E-state index contributed by atoms with van der Waals surface area (Å²) < 4.78 is 29.1. The molecule has 1 aromatic heterocycles. The van der Waals surface area contributed by atoms with Crippen molar-refractivity contribution in [1.29, 1.82) is 0 Å². The Balaban J connectivity index is 2.52. The minimum atomic E-state index is -3.94. The van der Waals surface area contributed by atoms with Gasteiger partial charge in [0.1, 0.15) is 6.04 Å². The Bertz CT molecular complexity index is 874. The van der Waals surface area contributed by atoms with Crippen LogP contribution in [0.15, 0.2) is 53.7 Å². The minimum absolute atomic E-state index is 0.0245. The zero-order chi connectivity index (χ0) is 20.7. The van der Waals surface area contributed by atoms with Crippen molar-refractivity contribution in [2.45, 2.75) is 37.8 Å². The van der Waals surface area contributed by atoms with E-state index < -0.39 is 22.0 Å². The molecule has 1 N–H and O–H groups in total. The average molecular weight is 516 g/mol. The third-order valence-electron chi connectivity index (χ3n) is 4.03. The number of benzene rings is 1. The molecule has 0 saturated carbocycles. The quantitative estimate of drug-likeness (QED) is 0.409. The van der Waals surface area contributed by atoms with E-state index in [9.17, 15) is 13.2 Å². The molecule has 1 heterocycles. The number of aromatic nitrogens is 1. The first-order chi connectivity index (χ1) is 13.3. The zero-order valence-electron chi connectivity index (χ0n) is 16.0. The highest BCUT2D eigenvalue weighted by Gasteiger charge is 2.36. The van der Waals surface area contributed by atoms with Gasteiger partial charge in [0.15, 0.2) is 0 Å². The van der Waals surface area contributed by atoms with Crippen LogP contribution < -0.4 is 5.48 Å². The van der Waals surface area contributed by atoms with Crippen LogP contribution in [0.25, 0.3) is 0 Å². The molecule has 0 radical (unpaired) electrons. The number of nitrogens with one attached hydrogen (secondary N) is 1. The number of rotatable bonds is 9. The van der Waals surface area contributed by atoms with Crippen molar-refractivity contribution in [2.24, 2.45) is 5.92 Å². The summed E-state index contributed by atoms with van der Waals surface area (Å²) >= 11 is 2.11. The summed E-state index contributed by atoms with van der Waals surface area (Å²) in [6.45, 7) is 3.90.